The molecule has 2 fully saturated rings. The van der Waals surface area contributed by atoms with Gasteiger partial charge in [-0.25, -0.2) is 0 Å². The van der Waals surface area contributed by atoms with Gasteiger partial charge >= 0.3 is 0 Å². The van der Waals surface area contributed by atoms with E-state index in [9.17, 15) is 4.79 Å². The molecule has 0 aliphatic carbocycles. The van der Waals surface area contributed by atoms with Crippen LogP contribution in [0.1, 0.15) is 45.4 Å². The first-order valence-corrected chi connectivity index (χ1v) is 6.36. The molecule has 1 N–H and O–H groups in total. The number of carbonyl (C=O) groups excluding carboxylic acids is 1. The number of piperidine rings is 1. The van der Waals surface area contributed by atoms with E-state index >= 15 is 0 Å². The minimum absolute atomic E-state index is 0.122. The zero-order chi connectivity index (χ0) is 10.7. The molecule has 3 heteroatoms. The number of nitrogens with one attached hydrogen (secondary N) is 1. The van der Waals surface area contributed by atoms with Crippen molar-refractivity contribution in [2.24, 2.45) is 0 Å². The first-order chi connectivity index (χ1) is 7.33. The standard InChI is InChI=1S/C12H22N2O/c1-2-10-6-3-4-9-14(10)12(15)11-7-5-8-13-11/h10-11,13H,2-9H2,1H3/t10-,11+/m0/s1. The van der Waals surface area contributed by atoms with Gasteiger partial charge in [-0.3, -0.25) is 4.79 Å². The Bertz CT molecular complexity index is 224. The van der Waals surface area contributed by atoms with Crippen LogP contribution in [0.25, 0.3) is 0 Å². The Labute approximate surface area is 92.2 Å². The average molecular weight is 210 g/mol. The van der Waals surface area contributed by atoms with Gasteiger partial charge in [-0.05, 0) is 45.1 Å². The SMILES string of the molecule is CC[C@H]1CCCCN1C(=O)[C@H]1CCCN1. The van der Waals surface area contributed by atoms with Crippen molar-refractivity contribution >= 4 is 5.91 Å². The highest BCUT2D eigenvalue weighted by Gasteiger charge is 2.31. The monoisotopic (exact) mass is 210 g/mol. The van der Waals surface area contributed by atoms with Crippen LogP contribution in [0, 0.1) is 0 Å². The van der Waals surface area contributed by atoms with Crippen molar-refractivity contribution in [3.63, 3.8) is 0 Å². The van der Waals surface area contributed by atoms with E-state index in [0.717, 1.165) is 32.4 Å². The quantitative estimate of drug-likeness (QED) is 0.749. The van der Waals surface area contributed by atoms with E-state index < -0.39 is 0 Å². The zero-order valence-electron chi connectivity index (χ0n) is 9.67. The second-order valence-electron chi connectivity index (χ2n) is 4.74. The van der Waals surface area contributed by atoms with Gasteiger partial charge in [0.2, 0.25) is 5.91 Å². The fourth-order valence-corrected chi connectivity index (χ4v) is 2.81. The molecule has 0 aromatic carbocycles. The summed E-state index contributed by atoms with van der Waals surface area (Å²) in [5.41, 5.74) is 0. The molecule has 0 saturated carbocycles. The summed E-state index contributed by atoms with van der Waals surface area (Å²) in [4.78, 5) is 14.4. The Morgan fingerprint density at radius 2 is 2.20 bits per heavy atom. The highest BCUT2D eigenvalue weighted by Crippen LogP contribution is 2.21. The molecule has 2 aliphatic heterocycles. The lowest BCUT2D eigenvalue weighted by atomic mass is 9.99. The van der Waals surface area contributed by atoms with Gasteiger partial charge in [0.1, 0.15) is 0 Å². The largest absolute Gasteiger partial charge is 0.338 e. The zero-order valence-corrected chi connectivity index (χ0v) is 9.67. The molecule has 2 heterocycles. The van der Waals surface area contributed by atoms with Gasteiger partial charge in [0.15, 0.2) is 0 Å². The van der Waals surface area contributed by atoms with E-state index in [0.29, 0.717) is 11.9 Å². The van der Waals surface area contributed by atoms with Crippen molar-refractivity contribution in [3.8, 4) is 0 Å². The molecular formula is C12H22N2O. The molecule has 86 valence electrons. The van der Waals surface area contributed by atoms with E-state index in [2.05, 4.69) is 17.1 Å². The molecule has 0 aromatic heterocycles. The molecule has 2 aliphatic rings. The molecule has 2 rings (SSSR count). The predicted molar refractivity (Wildman–Crippen MR) is 60.7 cm³/mol. The second kappa shape index (κ2) is 4.97. The maximum absolute atomic E-state index is 12.2. The molecule has 0 spiro atoms. The molecule has 1 amide bonds. The summed E-state index contributed by atoms with van der Waals surface area (Å²) >= 11 is 0. The van der Waals surface area contributed by atoms with Crippen molar-refractivity contribution in [1.82, 2.24) is 10.2 Å². The van der Waals surface area contributed by atoms with Gasteiger partial charge in [0, 0.05) is 12.6 Å². The van der Waals surface area contributed by atoms with Crippen LogP contribution in [0.2, 0.25) is 0 Å². The number of hydrogen-bond acceptors (Lipinski definition) is 2. The summed E-state index contributed by atoms with van der Waals surface area (Å²) in [7, 11) is 0. The number of rotatable bonds is 2. The third-order valence-corrected chi connectivity index (χ3v) is 3.74. The van der Waals surface area contributed by atoms with Crippen molar-refractivity contribution in [2.45, 2.75) is 57.5 Å². The van der Waals surface area contributed by atoms with Crippen molar-refractivity contribution in [2.75, 3.05) is 13.1 Å². The average Bonchev–Trinajstić information content (AvgIpc) is 2.81. The highest BCUT2D eigenvalue weighted by atomic mass is 16.2. The van der Waals surface area contributed by atoms with Crippen molar-refractivity contribution in [3.05, 3.63) is 0 Å². The summed E-state index contributed by atoms with van der Waals surface area (Å²) < 4.78 is 0. The smallest absolute Gasteiger partial charge is 0.239 e. The first-order valence-electron chi connectivity index (χ1n) is 6.36. The fourth-order valence-electron chi connectivity index (χ4n) is 2.81. The summed E-state index contributed by atoms with van der Waals surface area (Å²) in [5.74, 6) is 0.360. The van der Waals surface area contributed by atoms with Crippen LogP contribution in [0.5, 0.6) is 0 Å². The minimum Gasteiger partial charge on any atom is -0.338 e. The van der Waals surface area contributed by atoms with Crippen molar-refractivity contribution in [1.29, 1.82) is 0 Å². The third-order valence-electron chi connectivity index (χ3n) is 3.74. The van der Waals surface area contributed by atoms with Crippen LogP contribution in [-0.4, -0.2) is 36.0 Å². The molecular weight excluding hydrogens is 188 g/mol. The Morgan fingerprint density at radius 1 is 1.33 bits per heavy atom. The lowest BCUT2D eigenvalue weighted by Crippen LogP contribution is -2.50. The van der Waals surface area contributed by atoms with Gasteiger partial charge in [0.25, 0.3) is 0 Å². The lowest BCUT2D eigenvalue weighted by molar-refractivity contribution is -0.136. The van der Waals surface area contributed by atoms with Crippen LogP contribution in [0.3, 0.4) is 0 Å². The first kappa shape index (κ1) is 10.9. The number of hydrogen-bond donors (Lipinski definition) is 1. The van der Waals surface area contributed by atoms with Gasteiger partial charge in [-0.15, -0.1) is 0 Å². The lowest BCUT2D eigenvalue weighted by Gasteiger charge is -2.36. The van der Waals surface area contributed by atoms with E-state index in [1.54, 1.807) is 0 Å². The second-order valence-corrected chi connectivity index (χ2v) is 4.74. The molecule has 2 saturated heterocycles. The van der Waals surface area contributed by atoms with E-state index in [1.165, 1.54) is 19.3 Å². The molecule has 0 radical (unpaired) electrons. The van der Waals surface area contributed by atoms with Crippen LogP contribution in [0.4, 0.5) is 0 Å². The Kier molecular flexibility index (Phi) is 3.62. The number of carbonyl (C=O) groups is 1. The Hall–Kier alpha value is -0.570. The van der Waals surface area contributed by atoms with E-state index in [4.69, 9.17) is 0 Å². The molecule has 0 bridgehead atoms. The normalized spacial score (nSPS) is 31.9. The van der Waals surface area contributed by atoms with Crippen LogP contribution < -0.4 is 5.32 Å². The Balaban J connectivity index is 1.96. The number of likely N-dealkylation sites (tertiary alicyclic amines) is 1. The molecule has 3 nitrogen and oxygen atoms in total. The van der Waals surface area contributed by atoms with Gasteiger partial charge < -0.3 is 10.2 Å². The molecule has 0 unspecified atom stereocenters. The van der Waals surface area contributed by atoms with Gasteiger partial charge in [0.05, 0.1) is 6.04 Å². The van der Waals surface area contributed by atoms with E-state index in [1.807, 2.05) is 0 Å². The summed E-state index contributed by atoms with van der Waals surface area (Å²) in [6.07, 6.45) is 6.98. The summed E-state index contributed by atoms with van der Waals surface area (Å²) in [6.45, 7) is 4.19. The van der Waals surface area contributed by atoms with Crippen LogP contribution >= 0.6 is 0 Å². The van der Waals surface area contributed by atoms with Crippen LogP contribution in [-0.2, 0) is 4.79 Å². The topological polar surface area (TPSA) is 32.3 Å². The predicted octanol–water partition coefficient (Wildman–Crippen LogP) is 1.53. The van der Waals surface area contributed by atoms with Gasteiger partial charge in [-0.2, -0.15) is 0 Å². The van der Waals surface area contributed by atoms with Crippen LogP contribution in [0.15, 0.2) is 0 Å². The maximum atomic E-state index is 12.2. The number of nitrogens with zero attached hydrogens (tertiary/aromatic N) is 1. The van der Waals surface area contributed by atoms with Gasteiger partial charge in [-0.1, -0.05) is 6.92 Å². The summed E-state index contributed by atoms with van der Waals surface area (Å²) in [6, 6.07) is 0.630. The van der Waals surface area contributed by atoms with E-state index in [-0.39, 0.29) is 6.04 Å². The maximum Gasteiger partial charge on any atom is 0.239 e. The Morgan fingerprint density at radius 3 is 2.87 bits per heavy atom. The molecule has 2 atom stereocenters. The third kappa shape index (κ3) is 2.33. The minimum atomic E-state index is 0.122. The molecule has 0 aromatic rings. The molecule has 15 heavy (non-hydrogen) atoms. The highest BCUT2D eigenvalue weighted by molar-refractivity contribution is 5.82. The summed E-state index contributed by atoms with van der Waals surface area (Å²) in [5, 5.41) is 3.31. The van der Waals surface area contributed by atoms with Crippen molar-refractivity contribution < 1.29 is 4.79 Å². The number of amides is 1. The fraction of sp³-hybridized carbons (Fsp3) is 0.917.